The van der Waals surface area contributed by atoms with Crippen LogP contribution in [0.1, 0.15) is 5.56 Å². The summed E-state index contributed by atoms with van der Waals surface area (Å²) in [6.45, 7) is 1.57. The summed E-state index contributed by atoms with van der Waals surface area (Å²) in [5.74, 6) is -0.203. The molecule has 0 unspecified atom stereocenters. The average Bonchev–Trinajstić information content (AvgIpc) is 2.33. The predicted octanol–water partition coefficient (Wildman–Crippen LogP) is -0.124. The van der Waals surface area contributed by atoms with Crippen molar-refractivity contribution in [3.05, 3.63) is 29.8 Å². The molecule has 4 N–H and O–H groups in total. The number of hydrogen-bond acceptors (Lipinski definition) is 4. The number of aliphatic hydroxyl groups is 2. The van der Waals surface area contributed by atoms with Crippen molar-refractivity contribution in [3.63, 3.8) is 0 Å². The summed E-state index contributed by atoms with van der Waals surface area (Å²) in [5.41, 5.74) is 1.76. The van der Waals surface area contributed by atoms with Crippen LogP contribution in [-0.2, 0) is 4.79 Å². The molecule has 1 aromatic carbocycles. The predicted molar refractivity (Wildman–Crippen MR) is 65.8 cm³/mol. The van der Waals surface area contributed by atoms with Crippen LogP contribution < -0.4 is 10.6 Å². The van der Waals surface area contributed by atoms with Gasteiger partial charge in [0.2, 0.25) is 5.91 Å². The van der Waals surface area contributed by atoms with Crippen LogP contribution in [0, 0.1) is 6.92 Å². The number of anilines is 1. The van der Waals surface area contributed by atoms with E-state index in [1.54, 1.807) is 0 Å². The quantitative estimate of drug-likeness (QED) is 0.557. The molecular weight excluding hydrogens is 220 g/mol. The lowest BCUT2D eigenvalue weighted by Gasteiger charge is -2.13. The first kappa shape index (κ1) is 13.6. The minimum Gasteiger partial charge on any atom is -0.395 e. The van der Waals surface area contributed by atoms with Crippen molar-refractivity contribution in [2.75, 3.05) is 25.1 Å². The third kappa shape index (κ3) is 4.52. The molecule has 0 fully saturated rings. The van der Waals surface area contributed by atoms with Crippen LogP contribution in [0.15, 0.2) is 24.3 Å². The summed E-state index contributed by atoms with van der Waals surface area (Å²) in [6.07, 6.45) is 0. The fraction of sp³-hybridized carbons (Fsp3) is 0.417. The number of carbonyl (C=O) groups excluding carboxylic acids is 1. The summed E-state index contributed by atoms with van der Waals surface area (Å²) in [7, 11) is 0. The Morgan fingerprint density at radius 3 is 2.53 bits per heavy atom. The van der Waals surface area contributed by atoms with Gasteiger partial charge in [-0.05, 0) is 18.6 Å². The number of rotatable bonds is 6. The normalized spacial score (nSPS) is 10.6. The minimum absolute atomic E-state index is 0.0557. The van der Waals surface area contributed by atoms with E-state index in [9.17, 15) is 4.79 Å². The van der Waals surface area contributed by atoms with Gasteiger partial charge >= 0.3 is 0 Å². The van der Waals surface area contributed by atoms with Gasteiger partial charge in [0.05, 0.1) is 25.8 Å². The highest BCUT2D eigenvalue weighted by Gasteiger charge is 2.08. The van der Waals surface area contributed by atoms with Crippen LogP contribution in [0.5, 0.6) is 0 Å². The van der Waals surface area contributed by atoms with Crippen molar-refractivity contribution in [1.82, 2.24) is 5.32 Å². The second-order valence-electron chi connectivity index (χ2n) is 3.81. The van der Waals surface area contributed by atoms with Crippen LogP contribution in [0.4, 0.5) is 5.69 Å². The zero-order valence-electron chi connectivity index (χ0n) is 9.81. The van der Waals surface area contributed by atoms with Gasteiger partial charge in [-0.3, -0.25) is 4.79 Å². The molecule has 0 saturated heterocycles. The van der Waals surface area contributed by atoms with E-state index in [0.29, 0.717) is 0 Å². The zero-order chi connectivity index (χ0) is 12.7. The molecule has 0 aliphatic rings. The maximum atomic E-state index is 11.6. The first-order valence-electron chi connectivity index (χ1n) is 5.48. The van der Waals surface area contributed by atoms with Gasteiger partial charge in [-0.2, -0.15) is 0 Å². The number of carbonyl (C=O) groups is 1. The van der Waals surface area contributed by atoms with E-state index < -0.39 is 6.04 Å². The maximum Gasteiger partial charge on any atom is 0.238 e. The van der Waals surface area contributed by atoms with Crippen molar-refractivity contribution in [1.29, 1.82) is 0 Å². The smallest absolute Gasteiger partial charge is 0.238 e. The van der Waals surface area contributed by atoms with Gasteiger partial charge in [0.25, 0.3) is 0 Å². The summed E-state index contributed by atoms with van der Waals surface area (Å²) < 4.78 is 0. The summed E-state index contributed by atoms with van der Waals surface area (Å²) in [4.78, 5) is 11.6. The highest BCUT2D eigenvalue weighted by molar-refractivity contribution is 5.92. The number of nitrogens with one attached hydrogen (secondary N) is 2. The van der Waals surface area contributed by atoms with Gasteiger partial charge in [0.1, 0.15) is 0 Å². The number of benzene rings is 1. The Morgan fingerprint density at radius 1 is 1.29 bits per heavy atom. The molecule has 17 heavy (non-hydrogen) atoms. The Labute approximate surface area is 100 Å². The molecule has 5 nitrogen and oxygen atoms in total. The molecular formula is C12H18N2O3. The maximum absolute atomic E-state index is 11.6. The molecule has 94 valence electrons. The molecule has 0 bridgehead atoms. The Morgan fingerprint density at radius 2 is 1.94 bits per heavy atom. The number of hydrogen-bond donors (Lipinski definition) is 4. The summed E-state index contributed by atoms with van der Waals surface area (Å²) in [5, 5.41) is 23.1. The van der Waals surface area contributed by atoms with Crippen LogP contribution in [0.3, 0.4) is 0 Å². The zero-order valence-corrected chi connectivity index (χ0v) is 9.81. The molecule has 0 heterocycles. The van der Waals surface area contributed by atoms with Gasteiger partial charge in [0.15, 0.2) is 0 Å². The molecule has 1 rings (SSSR count). The van der Waals surface area contributed by atoms with E-state index in [-0.39, 0.29) is 25.7 Å². The van der Waals surface area contributed by atoms with E-state index in [2.05, 4.69) is 10.6 Å². The molecule has 0 aliphatic carbocycles. The Balaban J connectivity index is 2.42. The largest absolute Gasteiger partial charge is 0.395 e. The molecule has 0 aromatic heterocycles. The topological polar surface area (TPSA) is 81.6 Å². The van der Waals surface area contributed by atoms with Crippen molar-refractivity contribution in [3.8, 4) is 0 Å². The van der Waals surface area contributed by atoms with E-state index in [4.69, 9.17) is 10.2 Å². The first-order chi connectivity index (χ1) is 8.17. The highest BCUT2D eigenvalue weighted by Crippen LogP contribution is 2.12. The van der Waals surface area contributed by atoms with E-state index in [1.807, 2.05) is 31.2 Å². The fourth-order valence-corrected chi connectivity index (χ4v) is 1.33. The van der Waals surface area contributed by atoms with Crippen molar-refractivity contribution in [2.45, 2.75) is 13.0 Å². The minimum atomic E-state index is -0.461. The van der Waals surface area contributed by atoms with Gasteiger partial charge in [-0.25, -0.2) is 0 Å². The molecule has 0 atom stereocenters. The molecule has 0 aliphatic heterocycles. The van der Waals surface area contributed by atoms with Crippen LogP contribution in [-0.4, -0.2) is 41.9 Å². The third-order valence-electron chi connectivity index (χ3n) is 2.41. The molecule has 0 spiro atoms. The lowest BCUT2D eigenvalue weighted by molar-refractivity contribution is -0.115. The Bertz CT molecular complexity index is 365. The molecule has 5 heteroatoms. The van der Waals surface area contributed by atoms with Gasteiger partial charge in [-0.1, -0.05) is 18.2 Å². The van der Waals surface area contributed by atoms with Crippen LogP contribution in [0.2, 0.25) is 0 Å². The fourth-order valence-electron chi connectivity index (χ4n) is 1.33. The van der Waals surface area contributed by atoms with Gasteiger partial charge < -0.3 is 20.8 Å². The number of para-hydroxylation sites is 1. The van der Waals surface area contributed by atoms with E-state index in [1.165, 1.54) is 0 Å². The standard InChI is InChI=1S/C12H18N2O3/c1-9-4-2-3-5-11(9)14-12(17)6-13-10(7-15)8-16/h2-5,10,13,15-16H,6-8H2,1H3,(H,14,17). The van der Waals surface area contributed by atoms with Gasteiger partial charge in [0, 0.05) is 5.69 Å². The molecule has 0 radical (unpaired) electrons. The second-order valence-corrected chi connectivity index (χ2v) is 3.81. The number of aliphatic hydroxyl groups excluding tert-OH is 2. The number of amides is 1. The molecule has 1 aromatic rings. The van der Waals surface area contributed by atoms with Crippen LogP contribution in [0.25, 0.3) is 0 Å². The molecule has 0 saturated carbocycles. The van der Waals surface area contributed by atoms with Crippen LogP contribution >= 0.6 is 0 Å². The monoisotopic (exact) mass is 238 g/mol. The Hall–Kier alpha value is -1.43. The highest BCUT2D eigenvalue weighted by atomic mass is 16.3. The Kier molecular flexibility index (Phi) is 5.62. The van der Waals surface area contributed by atoms with E-state index >= 15 is 0 Å². The summed E-state index contributed by atoms with van der Waals surface area (Å²) >= 11 is 0. The number of aryl methyl sites for hydroxylation is 1. The second kappa shape index (κ2) is 7.01. The van der Waals surface area contributed by atoms with Crippen molar-refractivity contribution >= 4 is 11.6 Å². The average molecular weight is 238 g/mol. The summed E-state index contributed by atoms with van der Waals surface area (Å²) in [6, 6.07) is 7.02. The SMILES string of the molecule is Cc1ccccc1NC(=O)CNC(CO)CO. The lowest BCUT2D eigenvalue weighted by Crippen LogP contribution is -2.40. The first-order valence-corrected chi connectivity index (χ1v) is 5.48. The van der Waals surface area contributed by atoms with E-state index in [0.717, 1.165) is 11.3 Å². The lowest BCUT2D eigenvalue weighted by atomic mass is 10.2. The van der Waals surface area contributed by atoms with Crippen molar-refractivity contribution < 1.29 is 15.0 Å². The van der Waals surface area contributed by atoms with Gasteiger partial charge in [-0.15, -0.1) is 0 Å². The third-order valence-corrected chi connectivity index (χ3v) is 2.41. The molecule has 1 amide bonds. The van der Waals surface area contributed by atoms with Crippen molar-refractivity contribution in [2.24, 2.45) is 0 Å².